The number of nitrogens with zero attached hydrogens (tertiary/aromatic N) is 2. The van der Waals surface area contributed by atoms with Gasteiger partial charge in [0.1, 0.15) is 25.1 Å². The largest absolute Gasteiger partial charge is 0.339 e. The highest BCUT2D eigenvalue weighted by Gasteiger charge is 2.29. The quantitative estimate of drug-likeness (QED) is 0.121. The third-order valence-electron chi connectivity index (χ3n) is 2.44. The van der Waals surface area contributed by atoms with E-state index in [9.17, 15) is 18.3 Å². The lowest BCUT2D eigenvalue weighted by Crippen LogP contribution is -2.37. The van der Waals surface area contributed by atoms with E-state index in [2.05, 4.69) is 0 Å². The van der Waals surface area contributed by atoms with Crippen molar-refractivity contribution < 1.29 is 57.4 Å². The molecule has 16 nitrogen and oxygen atoms in total. The van der Waals surface area contributed by atoms with Gasteiger partial charge in [0.05, 0.1) is 0 Å². The van der Waals surface area contributed by atoms with Crippen LogP contribution < -0.4 is 11.5 Å². The summed E-state index contributed by atoms with van der Waals surface area (Å²) in [7, 11) is -18.8. The van der Waals surface area contributed by atoms with Crippen LogP contribution in [0.15, 0.2) is 0 Å². The van der Waals surface area contributed by atoms with Crippen molar-refractivity contribution in [3.63, 3.8) is 0 Å². The Balaban J connectivity index is 0. The molecule has 0 aliphatic rings. The zero-order chi connectivity index (χ0) is 22.8. The Hall–Kier alpha value is 0.440. The molecule has 0 heterocycles. The standard InChI is InChI=1S/C6H20N2O12P4.C2H8N2/c9-21(10,11)3-7(4-22(12,13)14)1-2-8(5-23(15,16)17)6-24(18,19)20;3-1-2-4/h1-6H2,(H2,9,10,11)(H2,12,13,14)(H2,15,16,17)(H2,18,19,20);1-4H2. The van der Waals surface area contributed by atoms with E-state index in [4.69, 9.17) is 50.6 Å². The zero-order valence-electron chi connectivity index (χ0n) is 14.7. The molecule has 0 amide bonds. The molecule has 0 spiro atoms. The second-order valence-electron chi connectivity index (χ2n) is 5.59. The van der Waals surface area contributed by atoms with Gasteiger partial charge in [0.2, 0.25) is 0 Å². The summed E-state index contributed by atoms with van der Waals surface area (Å²) in [5.74, 6) is 0. The van der Waals surface area contributed by atoms with E-state index in [1.165, 1.54) is 0 Å². The highest BCUT2D eigenvalue weighted by molar-refractivity contribution is 7.53. The second kappa shape index (κ2) is 13.0. The first-order valence-corrected chi connectivity index (χ1v) is 14.5. The molecule has 0 aromatic heterocycles. The van der Waals surface area contributed by atoms with Crippen LogP contribution in [0.1, 0.15) is 0 Å². The van der Waals surface area contributed by atoms with Gasteiger partial charge in [-0.15, -0.1) is 0 Å². The maximum absolute atomic E-state index is 11.0. The molecule has 0 unspecified atom stereocenters. The van der Waals surface area contributed by atoms with Crippen molar-refractivity contribution in [2.45, 2.75) is 0 Å². The number of rotatable bonds is 12. The van der Waals surface area contributed by atoms with Gasteiger partial charge >= 0.3 is 30.4 Å². The number of nitrogens with two attached hydrogens (primary N) is 2. The van der Waals surface area contributed by atoms with Crippen molar-refractivity contribution in [1.82, 2.24) is 9.80 Å². The predicted molar refractivity (Wildman–Crippen MR) is 99.2 cm³/mol. The minimum atomic E-state index is -4.69. The van der Waals surface area contributed by atoms with Crippen molar-refractivity contribution in [2.24, 2.45) is 11.5 Å². The summed E-state index contributed by atoms with van der Waals surface area (Å²) in [6.07, 6.45) is -4.18. The maximum atomic E-state index is 11.0. The monoisotopic (exact) mass is 496 g/mol. The van der Waals surface area contributed by atoms with E-state index in [0.717, 1.165) is 0 Å². The second-order valence-corrected chi connectivity index (χ2v) is 12.0. The Morgan fingerprint density at radius 3 is 0.786 bits per heavy atom. The molecule has 172 valence electrons. The van der Waals surface area contributed by atoms with E-state index in [1.54, 1.807) is 0 Å². The molecule has 0 aliphatic carbocycles. The molecular formula is C8H28N4O12P4. The summed E-state index contributed by atoms with van der Waals surface area (Å²) in [5, 5.41) is 0. The lowest BCUT2D eigenvalue weighted by Gasteiger charge is -2.28. The van der Waals surface area contributed by atoms with Gasteiger partial charge in [-0.25, -0.2) is 0 Å². The first kappa shape index (κ1) is 30.6. The Morgan fingerprint density at radius 2 is 0.679 bits per heavy atom. The Bertz CT molecular complexity index is 523. The van der Waals surface area contributed by atoms with E-state index in [-0.39, 0.29) is 0 Å². The fraction of sp³-hybridized carbons (Fsp3) is 1.00. The van der Waals surface area contributed by atoms with Crippen LogP contribution in [-0.2, 0) is 18.3 Å². The van der Waals surface area contributed by atoms with Crippen LogP contribution in [0.2, 0.25) is 0 Å². The molecule has 0 rings (SSSR count). The fourth-order valence-corrected chi connectivity index (χ4v) is 5.06. The maximum Gasteiger partial charge on any atom is 0.339 e. The summed E-state index contributed by atoms with van der Waals surface area (Å²) in [5.41, 5.74) is 9.81. The number of hydrogen-bond acceptors (Lipinski definition) is 8. The lowest BCUT2D eigenvalue weighted by atomic mass is 10.5. The topological polar surface area (TPSA) is 289 Å². The Labute approximate surface area is 161 Å². The molecule has 0 saturated carbocycles. The van der Waals surface area contributed by atoms with Crippen LogP contribution in [0.4, 0.5) is 0 Å². The average molecular weight is 496 g/mol. The van der Waals surface area contributed by atoms with Crippen LogP contribution in [0, 0.1) is 0 Å². The van der Waals surface area contributed by atoms with Crippen molar-refractivity contribution in [1.29, 1.82) is 0 Å². The molecule has 0 fully saturated rings. The van der Waals surface area contributed by atoms with Crippen molar-refractivity contribution in [3.8, 4) is 0 Å². The third kappa shape index (κ3) is 24.5. The van der Waals surface area contributed by atoms with Crippen LogP contribution >= 0.6 is 30.4 Å². The molecule has 0 radical (unpaired) electrons. The molecule has 0 saturated heterocycles. The third-order valence-corrected chi connectivity index (χ3v) is 5.51. The molecule has 0 aliphatic heterocycles. The summed E-state index contributed by atoms with van der Waals surface area (Å²) >= 11 is 0. The van der Waals surface area contributed by atoms with Crippen molar-refractivity contribution in [3.05, 3.63) is 0 Å². The molecule has 28 heavy (non-hydrogen) atoms. The minimum Gasteiger partial charge on any atom is -0.329 e. The molecular weight excluding hydrogens is 468 g/mol. The van der Waals surface area contributed by atoms with Gasteiger partial charge in [-0.05, 0) is 0 Å². The van der Waals surface area contributed by atoms with Gasteiger partial charge in [-0.1, -0.05) is 0 Å². The van der Waals surface area contributed by atoms with Crippen LogP contribution in [0.5, 0.6) is 0 Å². The molecule has 20 heteroatoms. The lowest BCUT2D eigenvalue weighted by molar-refractivity contribution is 0.226. The van der Waals surface area contributed by atoms with E-state index in [0.29, 0.717) is 22.9 Å². The smallest absolute Gasteiger partial charge is 0.329 e. The van der Waals surface area contributed by atoms with E-state index in [1.807, 2.05) is 0 Å². The van der Waals surface area contributed by atoms with Crippen LogP contribution in [-0.4, -0.2) is 100 Å². The summed E-state index contributed by atoms with van der Waals surface area (Å²) < 4.78 is 43.9. The Kier molecular flexibility index (Phi) is 14.2. The molecule has 0 aromatic carbocycles. The molecule has 0 atom stereocenters. The van der Waals surface area contributed by atoms with Crippen LogP contribution in [0.3, 0.4) is 0 Å². The van der Waals surface area contributed by atoms with E-state index < -0.39 is 68.6 Å². The van der Waals surface area contributed by atoms with Gasteiger partial charge in [0, 0.05) is 26.2 Å². The summed E-state index contributed by atoms with van der Waals surface area (Å²) in [4.78, 5) is 72.3. The van der Waals surface area contributed by atoms with Crippen molar-refractivity contribution >= 4 is 30.4 Å². The minimum absolute atomic E-state index is 0.504. The highest BCUT2D eigenvalue weighted by atomic mass is 31.2. The molecule has 0 aromatic rings. The summed E-state index contributed by atoms with van der Waals surface area (Å²) in [6.45, 7) is 0.187. The Morgan fingerprint density at radius 1 is 0.500 bits per heavy atom. The van der Waals surface area contributed by atoms with E-state index >= 15 is 0 Å². The first-order chi connectivity index (χ1) is 12.3. The van der Waals surface area contributed by atoms with Gasteiger partial charge < -0.3 is 50.6 Å². The molecule has 0 bridgehead atoms. The van der Waals surface area contributed by atoms with Gasteiger partial charge in [0.25, 0.3) is 0 Å². The highest BCUT2D eigenvalue weighted by Crippen LogP contribution is 2.42. The van der Waals surface area contributed by atoms with Gasteiger partial charge in [-0.2, -0.15) is 0 Å². The molecule has 12 N–H and O–H groups in total. The normalized spacial score (nSPS) is 13.6. The zero-order valence-corrected chi connectivity index (χ0v) is 18.3. The van der Waals surface area contributed by atoms with Gasteiger partial charge in [0.15, 0.2) is 0 Å². The van der Waals surface area contributed by atoms with Gasteiger partial charge in [-0.3, -0.25) is 28.1 Å². The fourth-order valence-electron chi connectivity index (χ4n) is 1.70. The number of hydrogen-bond donors (Lipinski definition) is 10. The van der Waals surface area contributed by atoms with Crippen molar-refractivity contribution in [2.75, 3.05) is 51.3 Å². The first-order valence-electron chi connectivity index (χ1n) is 7.31. The SMILES string of the molecule is NCCN.O=P(O)(O)CN(CCN(CP(=O)(O)O)CP(=O)(O)O)CP(=O)(O)O. The average Bonchev–Trinajstić information content (AvgIpc) is 2.38. The predicted octanol–water partition coefficient (Wildman–Crippen LogP) is -2.96. The van der Waals surface area contributed by atoms with Crippen LogP contribution in [0.25, 0.3) is 0 Å². The summed E-state index contributed by atoms with van der Waals surface area (Å²) in [6, 6.07) is 0.